The van der Waals surface area contributed by atoms with Crippen molar-refractivity contribution in [2.45, 2.75) is 44.9 Å². The fraction of sp³-hybridized carbons (Fsp3) is 0.258. The number of nitrogens with zero attached hydrogens (tertiary/aromatic N) is 2. The lowest BCUT2D eigenvalue weighted by Gasteiger charge is -2.25. The van der Waals surface area contributed by atoms with Crippen molar-refractivity contribution in [2.75, 3.05) is 11.9 Å². The summed E-state index contributed by atoms with van der Waals surface area (Å²) in [5.41, 5.74) is 5.23. The van der Waals surface area contributed by atoms with Crippen LogP contribution in [0.5, 0.6) is 5.75 Å². The number of anilines is 1. The number of phenols is 1. The maximum atomic E-state index is 13.1. The Kier molecular flexibility index (Phi) is 7.54. The predicted octanol–water partition coefficient (Wildman–Crippen LogP) is 6.14. The van der Waals surface area contributed by atoms with Crippen LogP contribution < -0.4 is 10.6 Å². The fourth-order valence-corrected chi connectivity index (χ4v) is 4.64. The average Bonchev–Trinajstić information content (AvgIpc) is 3.32. The molecule has 0 spiro atoms. The highest BCUT2D eigenvalue weighted by atomic mass is 16.3. The molecule has 194 valence electrons. The highest BCUT2D eigenvalue weighted by Crippen LogP contribution is 2.39. The van der Waals surface area contributed by atoms with Gasteiger partial charge in [-0.15, -0.1) is 0 Å². The third-order valence-electron chi connectivity index (χ3n) is 7.14. The number of nitrogens with one attached hydrogen (secondary N) is 2. The van der Waals surface area contributed by atoms with Gasteiger partial charge in [0.1, 0.15) is 5.75 Å². The van der Waals surface area contributed by atoms with E-state index in [4.69, 9.17) is 0 Å². The van der Waals surface area contributed by atoms with E-state index in [0.29, 0.717) is 29.1 Å². The van der Waals surface area contributed by atoms with E-state index in [-0.39, 0.29) is 23.6 Å². The van der Waals surface area contributed by atoms with Gasteiger partial charge in [0.25, 0.3) is 5.91 Å². The number of carbonyl (C=O) groups excluding carboxylic acids is 2. The van der Waals surface area contributed by atoms with Crippen molar-refractivity contribution in [1.82, 2.24) is 15.1 Å². The first-order valence-electron chi connectivity index (χ1n) is 13.2. The standard InChI is InChI=1S/C31H32N4O3/c1-2-21-11-13-24(14-12-21)30(37)33-25-15-16-26(29(36)19-25)27-20-28(23-9-6-10-23)35(34-27)31(38)32-18-17-22-7-4-3-5-8-22/h3-5,7-8,11-16,19-20,23,36H,2,6,9-10,17-18H2,1H3,(H,32,38)(H,33,37). The second-order valence-electron chi connectivity index (χ2n) is 9.70. The number of carbonyl (C=O) groups is 2. The van der Waals surface area contributed by atoms with E-state index < -0.39 is 0 Å². The van der Waals surface area contributed by atoms with Crippen molar-refractivity contribution in [3.05, 3.63) is 101 Å². The van der Waals surface area contributed by atoms with E-state index in [1.165, 1.54) is 10.7 Å². The summed E-state index contributed by atoms with van der Waals surface area (Å²) in [5, 5.41) is 21.2. The number of benzene rings is 3. The van der Waals surface area contributed by atoms with Crippen LogP contribution in [-0.2, 0) is 12.8 Å². The van der Waals surface area contributed by atoms with Crippen LogP contribution in [-0.4, -0.2) is 33.4 Å². The maximum absolute atomic E-state index is 13.1. The largest absolute Gasteiger partial charge is 0.507 e. The van der Waals surface area contributed by atoms with Gasteiger partial charge in [-0.1, -0.05) is 55.8 Å². The molecule has 0 saturated heterocycles. The lowest BCUT2D eigenvalue weighted by molar-refractivity contribution is 0.102. The summed E-state index contributed by atoms with van der Waals surface area (Å²) in [6, 6.07) is 24.0. The number of aryl methyl sites for hydroxylation is 1. The van der Waals surface area contributed by atoms with Crippen LogP contribution in [0.4, 0.5) is 10.5 Å². The van der Waals surface area contributed by atoms with Crippen LogP contribution in [0.2, 0.25) is 0 Å². The summed E-state index contributed by atoms with van der Waals surface area (Å²) < 4.78 is 1.44. The van der Waals surface area contributed by atoms with Gasteiger partial charge in [0.15, 0.2) is 0 Å². The van der Waals surface area contributed by atoms with Crippen molar-refractivity contribution in [2.24, 2.45) is 0 Å². The maximum Gasteiger partial charge on any atom is 0.342 e. The molecular weight excluding hydrogens is 476 g/mol. The van der Waals surface area contributed by atoms with Gasteiger partial charge in [0.05, 0.1) is 11.4 Å². The molecule has 3 aromatic carbocycles. The highest BCUT2D eigenvalue weighted by molar-refractivity contribution is 6.04. The first-order chi connectivity index (χ1) is 18.5. The zero-order valence-corrected chi connectivity index (χ0v) is 21.5. The summed E-state index contributed by atoms with van der Waals surface area (Å²) in [4.78, 5) is 25.7. The Morgan fingerprint density at radius 3 is 2.39 bits per heavy atom. The zero-order valence-electron chi connectivity index (χ0n) is 21.5. The molecule has 2 amide bonds. The van der Waals surface area contributed by atoms with Crippen molar-refractivity contribution in [3.63, 3.8) is 0 Å². The Hall–Kier alpha value is -4.39. The van der Waals surface area contributed by atoms with Gasteiger partial charge in [-0.25, -0.2) is 4.79 Å². The van der Waals surface area contributed by atoms with Gasteiger partial charge in [0, 0.05) is 35.3 Å². The lowest BCUT2D eigenvalue weighted by Crippen LogP contribution is -2.33. The van der Waals surface area contributed by atoms with Gasteiger partial charge >= 0.3 is 6.03 Å². The van der Waals surface area contributed by atoms with Gasteiger partial charge in [-0.3, -0.25) is 4.79 Å². The number of phenolic OH excluding ortho intramolecular Hbond substituents is 1. The molecule has 7 nitrogen and oxygen atoms in total. The third kappa shape index (κ3) is 5.62. The smallest absolute Gasteiger partial charge is 0.342 e. The van der Waals surface area contributed by atoms with Crippen molar-refractivity contribution < 1.29 is 14.7 Å². The average molecular weight is 509 g/mol. The number of rotatable bonds is 8. The van der Waals surface area contributed by atoms with Crippen molar-refractivity contribution in [3.8, 4) is 17.0 Å². The van der Waals surface area contributed by atoms with Crippen LogP contribution in [0, 0.1) is 0 Å². The van der Waals surface area contributed by atoms with Crippen LogP contribution in [0.25, 0.3) is 11.3 Å². The van der Waals surface area contributed by atoms with Gasteiger partial charge in [-0.2, -0.15) is 9.78 Å². The minimum atomic E-state index is -0.272. The molecule has 0 aliphatic heterocycles. The lowest BCUT2D eigenvalue weighted by atomic mass is 9.82. The second kappa shape index (κ2) is 11.3. The van der Waals surface area contributed by atoms with E-state index in [1.807, 2.05) is 48.5 Å². The minimum absolute atomic E-state index is 0.0153. The summed E-state index contributed by atoms with van der Waals surface area (Å²) >= 11 is 0. The van der Waals surface area contributed by atoms with Gasteiger partial charge in [-0.05, 0) is 67.1 Å². The quantitative estimate of drug-likeness (QED) is 0.266. The summed E-state index contributed by atoms with van der Waals surface area (Å²) in [6.07, 6.45) is 4.79. The monoisotopic (exact) mass is 508 g/mol. The number of hydrogen-bond donors (Lipinski definition) is 3. The first-order valence-corrected chi connectivity index (χ1v) is 13.2. The molecule has 1 aliphatic rings. The van der Waals surface area contributed by atoms with Crippen LogP contribution >= 0.6 is 0 Å². The van der Waals surface area contributed by atoms with E-state index >= 15 is 0 Å². The molecule has 5 rings (SSSR count). The topological polar surface area (TPSA) is 96.3 Å². The predicted molar refractivity (Wildman–Crippen MR) is 149 cm³/mol. The second-order valence-corrected chi connectivity index (χ2v) is 9.70. The molecule has 1 heterocycles. The highest BCUT2D eigenvalue weighted by Gasteiger charge is 2.27. The van der Waals surface area contributed by atoms with Gasteiger partial charge in [0.2, 0.25) is 0 Å². The summed E-state index contributed by atoms with van der Waals surface area (Å²) in [5.74, 6) is 0.0119. The molecule has 0 atom stereocenters. The molecule has 0 radical (unpaired) electrons. The SMILES string of the molecule is CCc1ccc(C(=O)Nc2ccc(-c3cc(C4CCC4)n(C(=O)NCCc4ccccc4)n3)c(O)c2)cc1. The molecule has 1 fully saturated rings. The number of aromatic nitrogens is 2. The number of amides is 2. The summed E-state index contributed by atoms with van der Waals surface area (Å²) in [7, 11) is 0. The Morgan fingerprint density at radius 1 is 0.974 bits per heavy atom. The molecule has 1 aromatic heterocycles. The van der Waals surface area contributed by atoms with E-state index in [0.717, 1.165) is 48.9 Å². The molecular formula is C31H32N4O3. The molecule has 7 heteroatoms. The molecule has 0 bridgehead atoms. The molecule has 1 aliphatic carbocycles. The Bertz CT molecular complexity index is 1420. The zero-order chi connectivity index (χ0) is 26.5. The molecule has 4 aromatic rings. The summed E-state index contributed by atoms with van der Waals surface area (Å²) in [6.45, 7) is 2.57. The molecule has 0 unspecified atom stereocenters. The van der Waals surface area contributed by atoms with Crippen molar-refractivity contribution >= 4 is 17.6 Å². The van der Waals surface area contributed by atoms with E-state index in [2.05, 4.69) is 22.7 Å². The molecule has 1 saturated carbocycles. The Morgan fingerprint density at radius 2 is 1.74 bits per heavy atom. The molecule has 38 heavy (non-hydrogen) atoms. The minimum Gasteiger partial charge on any atom is -0.507 e. The molecule has 3 N–H and O–H groups in total. The normalized spacial score (nSPS) is 13.1. The number of hydrogen-bond acceptors (Lipinski definition) is 4. The van der Waals surface area contributed by atoms with Crippen molar-refractivity contribution in [1.29, 1.82) is 0 Å². The Balaban J connectivity index is 1.31. The van der Waals surface area contributed by atoms with Crippen LogP contribution in [0.3, 0.4) is 0 Å². The van der Waals surface area contributed by atoms with E-state index in [9.17, 15) is 14.7 Å². The first kappa shape index (κ1) is 25.3. The third-order valence-corrected chi connectivity index (χ3v) is 7.14. The van der Waals surface area contributed by atoms with Crippen LogP contribution in [0.1, 0.15) is 59.3 Å². The number of aromatic hydroxyl groups is 1. The fourth-order valence-electron chi connectivity index (χ4n) is 4.64. The van der Waals surface area contributed by atoms with Gasteiger partial charge < -0.3 is 15.7 Å². The Labute approximate surface area is 222 Å². The van der Waals surface area contributed by atoms with E-state index in [1.54, 1.807) is 24.3 Å². The van der Waals surface area contributed by atoms with Crippen LogP contribution in [0.15, 0.2) is 78.9 Å².